The Hall–Kier alpha value is -3.30. The van der Waals surface area contributed by atoms with Gasteiger partial charge in [-0.05, 0) is 44.4 Å². The van der Waals surface area contributed by atoms with Crippen LogP contribution in [0.3, 0.4) is 0 Å². The van der Waals surface area contributed by atoms with Crippen LogP contribution in [0.4, 0.5) is 23.7 Å². The smallest absolute Gasteiger partial charge is 0.332 e. The molecule has 1 aliphatic rings. The van der Waals surface area contributed by atoms with Crippen LogP contribution < -0.4 is 15.6 Å². The van der Waals surface area contributed by atoms with Gasteiger partial charge in [-0.3, -0.25) is 9.99 Å². The Morgan fingerprint density at radius 1 is 1.13 bits per heavy atom. The highest BCUT2D eigenvalue weighted by molar-refractivity contribution is 6.02. The average Bonchev–Trinajstić information content (AvgIpc) is 3.19. The number of carbonyl (C=O) groups is 1. The summed E-state index contributed by atoms with van der Waals surface area (Å²) in [6.07, 6.45) is -0.0583. The Balaban J connectivity index is 1.50. The lowest BCUT2D eigenvalue weighted by molar-refractivity contribution is -0.141. The van der Waals surface area contributed by atoms with Crippen LogP contribution in [0.15, 0.2) is 36.5 Å². The Morgan fingerprint density at radius 2 is 1.90 bits per heavy atom. The van der Waals surface area contributed by atoms with Crippen molar-refractivity contribution in [3.63, 3.8) is 0 Å². The van der Waals surface area contributed by atoms with E-state index in [1.807, 2.05) is 19.1 Å². The van der Waals surface area contributed by atoms with Gasteiger partial charge < -0.3 is 10.6 Å². The summed E-state index contributed by atoms with van der Waals surface area (Å²) in [5, 5.41) is 12.7. The summed E-state index contributed by atoms with van der Waals surface area (Å²) < 4.78 is 39.6. The normalized spacial score (nSPS) is 14.6. The summed E-state index contributed by atoms with van der Waals surface area (Å²) in [6.45, 7) is 3.05. The summed E-state index contributed by atoms with van der Waals surface area (Å²) in [5.41, 5.74) is 0.752. The topological polar surface area (TPSA) is 75.1 Å². The molecule has 0 spiro atoms. The maximum absolute atomic E-state index is 13.2. The molecule has 164 valence electrons. The van der Waals surface area contributed by atoms with Crippen molar-refractivity contribution in [1.82, 2.24) is 20.2 Å². The highest BCUT2D eigenvalue weighted by Gasteiger charge is 2.35. The number of halogens is 3. The van der Waals surface area contributed by atoms with E-state index in [2.05, 4.69) is 20.7 Å². The Morgan fingerprint density at radius 3 is 2.65 bits per heavy atom. The molecule has 10 heteroatoms. The number of hydrogen-bond donors (Lipinski definition) is 2. The quantitative estimate of drug-likeness (QED) is 0.648. The molecule has 0 radical (unpaired) electrons. The van der Waals surface area contributed by atoms with E-state index in [4.69, 9.17) is 0 Å². The number of carbonyl (C=O) groups excluding carboxylic acids is 1. The Bertz CT molecular complexity index is 1090. The standard InChI is InChI=1S/C21H23F3N6O/c1-14-16-6-5-7-18(17(16)8-9-25-14)27-20(31)26-13-15-12-19(21(22,23)24)28-30(15)29-10-3-2-4-11-29/h5-9,12H,2-4,10-11,13H2,1H3,(H2,26,27,31). The van der Waals surface area contributed by atoms with Gasteiger partial charge in [-0.25, -0.2) is 4.79 Å². The van der Waals surface area contributed by atoms with Gasteiger partial charge in [-0.2, -0.15) is 18.0 Å². The van der Waals surface area contributed by atoms with E-state index in [0.717, 1.165) is 41.8 Å². The van der Waals surface area contributed by atoms with E-state index in [-0.39, 0.29) is 12.2 Å². The second-order valence-electron chi connectivity index (χ2n) is 7.53. The second kappa shape index (κ2) is 8.44. The van der Waals surface area contributed by atoms with Gasteiger partial charge >= 0.3 is 12.2 Å². The zero-order valence-electron chi connectivity index (χ0n) is 17.0. The molecule has 7 nitrogen and oxygen atoms in total. The van der Waals surface area contributed by atoms with Crippen molar-refractivity contribution < 1.29 is 18.0 Å². The van der Waals surface area contributed by atoms with E-state index >= 15 is 0 Å². The van der Waals surface area contributed by atoms with Crippen molar-refractivity contribution in [2.45, 2.75) is 38.9 Å². The molecule has 2 amide bonds. The summed E-state index contributed by atoms with van der Waals surface area (Å²) in [4.78, 5) is 18.0. The van der Waals surface area contributed by atoms with E-state index in [1.165, 1.54) is 4.79 Å². The molecule has 1 aliphatic heterocycles. The van der Waals surface area contributed by atoms with Crippen LogP contribution in [-0.4, -0.2) is 34.0 Å². The van der Waals surface area contributed by atoms with Crippen LogP contribution in [0, 0.1) is 6.92 Å². The van der Waals surface area contributed by atoms with Crippen molar-refractivity contribution in [2.24, 2.45) is 0 Å². The average molecular weight is 432 g/mol. The first kappa shape index (κ1) is 21.0. The first-order valence-electron chi connectivity index (χ1n) is 10.1. The number of aryl methyl sites for hydroxylation is 1. The van der Waals surface area contributed by atoms with Gasteiger partial charge in [0.25, 0.3) is 0 Å². The summed E-state index contributed by atoms with van der Waals surface area (Å²) in [5.74, 6) is 0. The van der Waals surface area contributed by atoms with Gasteiger partial charge in [0.1, 0.15) is 0 Å². The molecule has 0 bridgehead atoms. The van der Waals surface area contributed by atoms with Crippen molar-refractivity contribution in [2.75, 3.05) is 23.4 Å². The first-order chi connectivity index (χ1) is 14.8. The fourth-order valence-electron chi connectivity index (χ4n) is 3.78. The van der Waals surface area contributed by atoms with E-state index in [0.29, 0.717) is 18.8 Å². The second-order valence-corrected chi connectivity index (χ2v) is 7.53. The number of fused-ring (bicyclic) bond motifs is 1. The third kappa shape index (κ3) is 4.57. The summed E-state index contributed by atoms with van der Waals surface area (Å²) in [6, 6.07) is 7.77. The molecule has 1 aromatic carbocycles. The number of urea groups is 1. The number of nitrogens with zero attached hydrogens (tertiary/aromatic N) is 4. The number of pyridine rings is 1. The number of benzene rings is 1. The summed E-state index contributed by atoms with van der Waals surface area (Å²) >= 11 is 0. The number of amides is 2. The molecule has 0 unspecified atom stereocenters. The van der Waals surface area contributed by atoms with Gasteiger partial charge in [0.2, 0.25) is 0 Å². The predicted molar refractivity (Wildman–Crippen MR) is 111 cm³/mol. The maximum Gasteiger partial charge on any atom is 0.435 e. The zero-order valence-corrected chi connectivity index (χ0v) is 17.0. The number of anilines is 1. The van der Waals surface area contributed by atoms with Gasteiger partial charge in [-0.15, -0.1) is 5.10 Å². The molecule has 2 aromatic heterocycles. The molecule has 31 heavy (non-hydrogen) atoms. The lowest BCUT2D eigenvalue weighted by Gasteiger charge is -2.29. The fraction of sp³-hybridized carbons (Fsp3) is 0.381. The third-order valence-electron chi connectivity index (χ3n) is 5.34. The van der Waals surface area contributed by atoms with Gasteiger partial charge in [0.05, 0.1) is 17.9 Å². The number of alkyl halides is 3. The zero-order chi connectivity index (χ0) is 22.0. The van der Waals surface area contributed by atoms with E-state index in [1.54, 1.807) is 23.3 Å². The molecule has 3 aromatic rings. The molecule has 0 atom stereocenters. The molecule has 3 heterocycles. The molecule has 4 rings (SSSR count). The van der Waals surface area contributed by atoms with Gasteiger partial charge in [-0.1, -0.05) is 12.1 Å². The molecular weight excluding hydrogens is 409 g/mol. The number of nitrogens with one attached hydrogen (secondary N) is 2. The SMILES string of the molecule is Cc1nccc2c(NC(=O)NCc3cc(C(F)(F)F)nn3N3CCCCC3)cccc12. The lowest BCUT2D eigenvalue weighted by Crippen LogP contribution is -2.42. The summed E-state index contributed by atoms with van der Waals surface area (Å²) in [7, 11) is 0. The van der Waals surface area contributed by atoms with Crippen LogP contribution in [-0.2, 0) is 12.7 Å². The Labute approximate surface area is 177 Å². The number of hydrogen-bond acceptors (Lipinski definition) is 4. The molecule has 1 saturated heterocycles. The first-order valence-corrected chi connectivity index (χ1v) is 10.1. The van der Waals surface area contributed by atoms with Crippen molar-refractivity contribution in [3.8, 4) is 0 Å². The minimum Gasteiger partial charge on any atom is -0.332 e. The molecule has 0 aliphatic carbocycles. The van der Waals surface area contributed by atoms with Crippen molar-refractivity contribution in [3.05, 3.63) is 53.6 Å². The minimum atomic E-state index is -4.55. The van der Waals surface area contributed by atoms with E-state index in [9.17, 15) is 18.0 Å². The van der Waals surface area contributed by atoms with Crippen LogP contribution in [0.25, 0.3) is 10.8 Å². The maximum atomic E-state index is 13.2. The lowest BCUT2D eigenvalue weighted by atomic mass is 10.1. The molecule has 2 N–H and O–H groups in total. The van der Waals surface area contributed by atoms with Crippen molar-refractivity contribution in [1.29, 1.82) is 0 Å². The van der Waals surface area contributed by atoms with Gasteiger partial charge in [0, 0.05) is 35.8 Å². The monoisotopic (exact) mass is 432 g/mol. The Kier molecular flexibility index (Phi) is 5.71. The van der Waals surface area contributed by atoms with Crippen LogP contribution in [0.5, 0.6) is 0 Å². The van der Waals surface area contributed by atoms with Crippen LogP contribution in [0.2, 0.25) is 0 Å². The predicted octanol–water partition coefficient (Wildman–Crippen LogP) is 4.20. The molecule has 1 fully saturated rings. The number of rotatable bonds is 4. The van der Waals surface area contributed by atoms with Crippen LogP contribution >= 0.6 is 0 Å². The van der Waals surface area contributed by atoms with Gasteiger partial charge in [0.15, 0.2) is 5.69 Å². The minimum absolute atomic E-state index is 0.0865. The number of aromatic nitrogens is 3. The van der Waals surface area contributed by atoms with Crippen LogP contribution in [0.1, 0.15) is 36.3 Å². The largest absolute Gasteiger partial charge is 0.435 e. The number of piperidine rings is 1. The molecule has 0 saturated carbocycles. The van der Waals surface area contributed by atoms with E-state index < -0.39 is 17.9 Å². The molecular formula is C21H23F3N6O. The fourth-order valence-corrected chi connectivity index (χ4v) is 3.78. The third-order valence-corrected chi connectivity index (χ3v) is 5.34. The highest BCUT2D eigenvalue weighted by atomic mass is 19.4. The van der Waals surface area contributed by atoms with Crippen molar-refractivity contribution >= 4 is 22.5 Å². The highest BCUT2D eigenvalue weighted by Crippen LogP contribution is 2.29.